The van der Waals surface area contributed by atoms with E-state index in [1.54, 1.807) is 29.2 Å². The summed E-state index contributed by atoms with van der Waals surface area (Å²) in [5, 5.41) is 0. The van der Waals surface area contributed by atoms with E-state index in [4.69, 9.17) is 0 Å². The van der Waals surface area contributed by atoms with Gasteiger partial charge >= 0.3 is 6.36 Å². The maximum absolute atomic E-state index is 14.5. The fourth-order valence-corrected chi connectivity index (χ4v) is 4.59. The average molecular weight is 517 g/mol. The van der Waals surface area contributed by atoms with Crippen LogP contribution in [0, 0.1) is 17.6 Å². The van der Waals surface area contributed by atoms with Crippen molar-refractivity contribution in [2.45, 2.75) is 32.7 Å². The van der Waals surface area contributed by atoms with Crippen LogP contribution in [0.2, 0.25) is 0 Å². The summed E-state index contributed by atoms with van der Waals surface area (Å²) in [5.41, 5.74) is 2.07. The van der Waals surface area contributed by atoms with Gasteiger partial charge in [-0.15, -0.1) is 13.2 Å². The van der Waals surface area contributed by atoms with E-state index < -0.39 is 30.0 Å². The molecule has 1 aliphatic heterocycles. The van der Waals surface area contributed by atoms with Crippen molar-refractivity contribution in [3.05, 3.63) is 89.5 Å². The molecule has 194 valence electrons. The highest BCUT2D eigenvalue weighted by molar-refractivity contribution is 6.05. The zero-order chi connectivity index (χ0) is 26.7. The van der Waals surface area contributed by atoms with Crippen LogP contribution in [0.5, 0.6) is 5.75 Å². The third-order valence-electron chi connectivity index (χ3n) is 6.41. The number of carbonyl (C=O) groups excluding carboxylic acids is 1. The van der Waals surface area contributed by atoms with Crippen LogP contribution in [-0.4, -0.2) is 36.0 Å². The summed E-state index contributed by atoms with van der Waals surface area (Å²) in [7, 11) is 0. The van der Waals surface area contributed by atoms with Crippen LogP contribution in [0.25, 0.3) is 11.1 Å². The third kappa shape index (κ3) is 5.81. The minimum absolute atomic E-state index is 0.0975. The van der Waals surface area contributed by atoms with Gasteiger partial charge in [-0.3, -0.25) is 9.79 Å². The van der Waals surface area contributed by atoms with Crippen LogP contribution >= 0.6 is 0 Å². The lowest BCUT2D eigenvalue weighted by Gasteiger charge is -2.26. The monoisotopic (exact) mass is 516 g/mol. The fourth-order valence-electron chi connectivity index (χ4n) is 4.59. The fraction of sp³-hybridized carbons (Fsp3) is 0.286. The number of benzene rings is 3. The number of nitrogens with zero attached hydrogens (tertiary/aromatic N) is 2. The van der Waals surface area contributed by atoms with Gasteiger partial charge < -0.3 is 9.64 Å². The highest BCUT2D eigenvalue weighted by Crippen LogP contribution is 2.39. The van der Waals surface area contributed by atoms with Gasteiger partial charge in [0.15, 0.2) is 0 Å². The Hall–Kier alpha value is -3.75. The zero-order valence-electron chi connectivity index (χ0n) is 20.2. The SMILES string of the molecule is CCN(CC)C(=O)[C@H]1CC(c2c(F)cccc2F)=N[C@H]1c1ccc(-c2ccc(OC(F)(F)F)cc2)cc1. The molecule has 3 aromatic rings. The largest absolute Gasteiger partial charge is 0.573 e. The first-order valence-electron chi connectivity index (χ1n) is 11.9. The molecule has 0 fully saturated rings. The van der Waals surface area contributed by atoms with Gasteiger partial charge in [0.05, 0.1) is 17.5 Å². The van der Waals surface area contributed by atoms with Gasteiger partial charge in [-0.25, -0.2) is 8.78 Å². The summed E-state index contributed by atoms with van der Waals surface area (Å²) in [6.07, 6.45) is -4.67. The Bertz CT molecular complexity index is 1260. The predicted molar refractivity (Wildman–Crippen MR) is 130 cm³/mol. The molecule has 4 rings (SSSR count). The number of alkyl halides is 3. The molecule has 1 aliphatic rings. The quantitative estimate of drug-likeness (QED) is 0.319. The van der Waals surface area contributed by atoms with Gasteiger partial charge in [0.2, 0.25) is 5.91 Å². The minimum atomic E-state index is -4.77. The van der Waals surface area contributed by atoms with Crippen LogP contribution in [-0.2, 0) is 4.79 Å². The van der Waals surface area contributed by atoms with E-state index in [2.05, 4.69) is 9.73 Å². The smallest absolute Gasteiger partial charge is 0.406 e. The highest BCUT2D eigenvalue weighted by atomic mass is 19.4. The summed E-state index contributed by atoms with van der Waals surface area (Å²) in [6, 6.07) is 15.5. The van der Waals surface area contributed by atoms with E-state index in [1.807, 2.05) is 13.8 Å². The summed E-state index contributed by atoms with van der Waals surface area (Å²) in [4.78, 5) is 19.6. The zero-order valence-corrected chi connectivity index (χ0v) is 20.2. The summed E-state index contributed by atoms with van der Waals surface area (Å²) in [6.45, 7) is 4.72. The molecule has 4 nitrogen and oxygen atoms in total. The minimum Gasteiger partial charge on any atom is -0.406 e. The van der Waals surface area contributed by atoms with E-state index in [0.29, 0.717) is 24.2 Å². The average Bonchev–Trinajstić information content (AvgIpc) is 3.29. The normalized spacial score (nSPS) is 17.4. The van der Waals surface area contributed by atoms with Gasteiger partial charge in [0.25, 0.3) is 0 Å². The van der Waals surface area contributed by atoms with Crippen LogP contribution in [0.1, 0.15) is 37.4 Å². The van der Waals surface area contributed by atoms with Crippen molar-refractivity contribution in [3.63, 3.8) is 0 Å². The van der Waals surface area contributed by atoms with E-state index in [-0.39, 0.29) is 29.4 Å². The second kappa shape index (κ2) is 10.7. The van der Waals surface area contributed by atoms with Gasteiger partial charge in [-0.1, -0.05) is 42.5 Å². The number of halogens is 5. The number of aliphatic imine (C=N–C) groups is 1. The maximum Gasteiger partial charge on any atom is 0.573 e. The van der Waals surface area contributed by atoms with E-state index in [0.717, 1.165) is 17.7 Å². The summed E-state index contributed by atoms with van der Waals surface area (Å²) < 4.78 is 70.2. The van der Waals surface area contributed by atoms with Crippen molar-refractivity contribution < 1.29 is 31.5 Å². The van der Waals surface area contributed by atoms with Crippen molar-refractivity contribution in [1.29, 1.82) is 0 Å². The molecule has 0 bridgehead atoms. The van der Waals surface area contributed by atoms with Crippen molar-refractivity contribution in [3.8, 4) is 16.9 Å². The molecule has 0 saturated carbocycles. The Balaban J connectivity index is 1.65. The Morgan fingerprint density at radius 1 is 0.919 bits per heavy atom. The number of amides is 1. The maximum atomic E-state index is 14.5. The third-order valence-corrected chi connectivity index (χ3v) is 6.41. The lowest BCUT2D eigenvalue weighted by molar-refractivity contribution is -0.274. The Kier molecular flexibility index (Phi) is 7.61. The van der Waals surface area contributed by atoms with Crippen molar-refractivity contribution in [2.24, 2.45) is 10.9 Å². The number of rotatable bonds is 7. The molecule has 0 aromatic heterocycles. The molecule has 1 heterocycles. The number of ether oxygens (including phenoxy) is 1. The van der Waals surface area contributed by atoms with Gasteiger partial charge in [-0.05, 0) is 54.8 Å². The lowest BCUT2D eigenvalue weighted by atomic mass is 9.89. The van der Waals surface area contributed by atoms with Crippen molar-refractivity contribution in [2.75, 3.05) is 13.1 Å². The second-order valence-electron chi connectivity index (χ2n) is 8.63. The van der Waals surface area contributed by atoms with E-state index in [9.17, 15) is 26.7 Å². The van der Waals surface area contributed by atoms with Crippen LogP contribution in [0.4, 0.5) is 22.0 Å². The molecule has 0 radical (unpaired) electrons. The molecule has 3 aromatic carbocycles. The molecule has 0 spiro atoms. The van der Waals surface area contributed by atoms with Crippen LogP contribution in [0.15, 0.2) is 71.7 Å². The van der Waals surface area contributed by atoms with Crippen LogP contribution < -0.4 is 4.74 Å². The summed E-state index contributed by atoms with van der Waals surface area (Å²) >= 11 is 0. The molecule has 1 amide bonds. The number of hydrogen-bond donors (Lipinski definition) is 0. The molecule has 0 unspecified atom stereocenters. The first-order chi connectivity index (χ1) is 17.6. The first kappa shape index (κ1) is 26.3. The second-order valence-corrected chi connectivity index (χ2v) is 8.63. The summed E-state index contributed by atoms with van der Waals surface area (Å²) in [5.74, 6) is -2.56. The Morgan fingerprint density at radius 3 is 1.97 bits per heavy atom. The van der Waals surface area contributed by atoms with E-state index >= 15 is 0 Å². The molecule has 0 N–H and O–H groups in total. The van der Waals surface area contributed by atoms with Gasteiger partial charge in [-0.2, -0.15) is 0 Å². The molecule has 2 atom stereocenters. The number of hydrogen-bond acceptors (Lipinski definition) is 3. The highest BCUT2D eigenvalue weighted by Gasteiger charge is 2.39. The standard InChI is InChI=1S/C28H25F5N2O2/c1-3-35(4-2)27(36)21-16-24(25-22(29)6-5-7-23(25)30)34-26(21)19-10-8-17(9-11-19)18-12-14-20(15-13-18)37-28(31,32)33/h5-15,21,26H,3-4,16H2,1-2H3/t21-,26-/m0/s1. The molecule has 9 heteroatoms. The molecule has 37 heavy (non-hydrogen) atoms. The Morgan fingerprint density at radius 2 is 1.46 bits per heavy atom. The molecule has 0 aliphatic carbocycles. The lowest BCUT2D eigenvalue weighted by Crippen LogP contribution is -2.37. The number of carbonyl (C=O) groups is 1. The van der Waals surface area contributed by atoms with Crippen LogP contribution in [0.3, 0.4) is 0 Å². The molecule has 0 saturated heterocycles. The topological polar surface area (TPSA) is 41.9 Å². The Labute approximate surface area is 211 Å². The first-order valence-corrected chi connectivity index (χ1v) is 11.9. The van der Waals surface area contributed by atoms with Crippen molar-refractivity contribution in [1.82, 2.24) is 4.90 Å². The van der Waals surface area contributed by atoms with E-state index in [1.165, 1.54) is 30.3 Å². The van der Waals surface area contributed by atoms with Gasteiger partial charge in [0.1, 0.15) is 17.4 Å². The van der Waals surface area contributed by atoms with Gasteiger partial charge in [0, 0.05) is 25.2 Å². The molecular formula is C28H25F5N2O2. The van der Waals surface area contributed by atoms with Crippen molar-refractivity contribution >= 4 is 11.6 Å². The predicted octanol–water partition coefficient (Wildman–Crippen LogP) is 6.95. The molecular weight excluding hydrogens is 491 g/mol.